The molecule has 1 saturated heterocycles. The van der Waals surface area contributed by atoms with Gasteiger partial charge in [0.25, 0.3) is 0 Å². The Morgan fingerprint density at radius 1 is 1.11 bits per heavy atom. The van der Waals surface area contributed by atoms with Crippen LogP contribution < -0.4 is 10.6 Å². The molecule has 2 aromatic rings. The first-order valence-corrected chi connectivity index (χ1v) is 9.16. The fraction of sp³-hybridized carbons (Fsp3) is 0.333. The molecule has 1 heterocycles. The van der Waals surface area contributed by atoms with E-state index in [1.165, 1.54) is 5.56 Å². The number of ether oxygens (including phenoxy) is 1. The first-order valence-electron chi connectivity index (χ1n) is 9.16. The standard InChI is InChI=1S/C21H25N3O3.2H2/c1-15-4-6-17(7-5-15)14-27-21(26)23-19-10-8-18(9-11-19)16(2)22-20(25)24-12-3-13-24;;/h4-11,16H,3,12-14H2,1-2H3,(H,22,25)(H,23,26);2*1H/t16-;;/m0../s1. The van der Waals surface area contributed by atoms with Gasteiger partial charge in [-0.1, -0.05) is 42.0 Å². The van der Waals surface area contributed by atoms with E-state index >= 15 is 0 Å². The van der Waals surface area contributed by atoms with Crippen LogP contribution in [0, 0.1) is 6.92 Å². The lowest BCUT2D eigenvalue weighted by molar-refractivity contribution is 0.155. The van der Waals surface area contributed by atoms with E-state index in [-0.39, 0.29) is 21.5 Å². The average Bonchev–Trinajstić information content (AvgIpc) is 2.60. The second-order valence-electron chi connectivity index (χ2n) is 6.82. The van der Waals surface area contributed by atoms with Crippen LogP contribution in [0.5, 0.6) is 0 Å². The Balaban J connectivity index is 0.00000210. The number of hydrogen-bond donors (Lipinski definition) is 2. The maximum absolute atomic E-state index is 12.0. The molecule has 0 bridgehead atoms. The molecule has 27 heavy (non-hydrogen) atoms. The minimum atomic E-state index is -0.498. The Labute approximate surface area is 162 Å². The molecule has 0 aliphatic carbocycles. The van der Waals surface area contributed by atoms with E-state index in [1.54, 1.807) is 17.0 Å². The molecule has 3 rings (SSSR count). The van der Waals surface area contributed by atoms with Gasteiger partial charge in [-0.15, -0.1) is 0 Å². The van der Waals surface area contributed by atoms with Gasteiger partial charge in [0.05, 0.1) is 6.04 Å². The summed E-state index contributed by atoms with van der Waals surface area (Å²) in [5.74, 6) is 0. The number of hydrogen-bond acceptors (Lipinski definition) is 3. The largest absolute Gasteiger partial charge is 0.444 e. The second-order valence-corrected chi connectivity index (χ2v) is 6.82. The van der Waals surface area contributed by atoms with Crippen molar-refractivity contribution in [1.29, 1.82) is 0 Å². The van der Waals surface area contributed by atoms with Crippen molar-refractivity contribution in [3.05, 3.63) is 65.2 Å². The third-order valence-corrected chi connectivity index (χ3v) is 4.63. The number of nitrogens with one attached hydrogen (secondary N) is 2. The van der Waals surface area contributed by atoms with Gasteiger partial charge in [-0.3, -0.25) is 5.32 Å². The number of anilines is 1. The molecule has 0 unspecified atom stereocenters. The zero-order valence-corrected chi connectivity index (χ0v) is 15.7. The molecule has 6 nitrogen and oxygen atoms in total. The number of aryl methyl sites for hydroxylation is 1. The molecule has 0 spiro atoms. The maximum Gasteiger partial charge on any atom is 0.411 e. The summed E-state index contributed by atoms with van der Waals surface area (Å²) in [5, 5.41) is 5.69. The smallest absolute Gasteiger partial charge is 0.411 e. The molecule has 0 aromatic heterocycles. The summed E-state index contributed by atoms with van der Waals surface area (Å²) in [6, 6.07) is 15.1. The van der Waals surface area contributed by atoms with Crippen LogP contribution in [-0.4, -0.2) is 30.1 Å². The molecular formula is C21H29N3O3. The van der Waals surface area contributed by atoms with Gasteiger partial charge < -0.3 is 15.0 Å². The van der Waals surface area contributed by atoms with E-state index in [0.29, 0.717) is 5.69 Å². The van der Waals surface area contributed by atoms with Crippen LogP contribution >= 0.6 is 0 Å². The fourth-order valence-electron chi connectivity index (χ4n) is 2.72. The second kappa shape index (κ2) is 8.58. The number of carbonyl (C=O) groups is 2. The van der Waals surface area contributed by atoms with Crippen LogP contribution in [0.25, 0.3) is 0 Å². The van der Waals surface area contributed by atoms with E-state index in [0.717, 1.165) is 30.6 Å². The number of likely N-dealkylation sites (tertiary alicyclic amines) is 1. The molecule has 6 heteroatoms. The van der Waals surface area contributed by atoms with Gasteiger partial charge in [0.15, 0.2) is 0 Å². The summed E-state index contributed by atoms with van der Waals surface area (Å²) >= 11 is 0. The lowest BCUT2D eigenvalue weighted by Gasteiger charge is -2.32. The molecule has 1 fully saturated rings. The van der Waals surface area contributed by atoms with Crippen molar-refractivity contribution >= 4 is 17.8 Å². The van der Waals surface area contributed by atoms with Crippen LogP contribution in [0.4, 0.5) is 15.3 Å². The van der Waals surface area contributed by atoms with Crippen LogP contribution in [0.2, 0.25) is 0 Å². The Kier molecular flexibility index (Phi) is 5.96. The molecule has 0 saturated carbocycles. The topological polar surface area (TPSA) is 70.7 Å². The third-order valence-electron chi connectivity index (χ3n) is 4.63. The molecule has 3 amide bonds. The normalized spacial score (nSPS) is 14.1. The molecule has 1 aliphatic heterocycles. The highest BCUT2D eigenvalue weighted by Gasteiger charge is 2.21. The van der Waals surface area contributed by atoms with Crippen molar-refractivity contribution < 1.29 is 17.2 Å². The SMILES string of the molecule is Cc1ccc(COC(=O)Nc2ccc([C@H](C)NC(=O)N3CCC3)cc2)cc1.[HH].[HH]. The maximum atomic E-state index is 12.0. The minimum absolute atomic E-state index is 0. The quantitative estimate of drug-likeness (QED) is 0.799. The van der Waals surface area contributed by atoms with Crippen molar-refractivity contribution in [1.82, 2.24) is 10.2 Å². The summed E-state index contributed by atoms with van der Waals surface area (Å²) < 4.78 is 5.23. The number of amides is 3. The van der Waals surface area contributed by atoms with Crippen molar-refractivity contribution in [2.45, 2.75) is 32.9 Å². The van der Waals surface area contributed by atoms with Crippen LogP contribution in [0.15, 0.2) is 48.5 Å². The van der Waals surface area contributed by atoms with Crippen molar-refractivity contribution in [2.75, 3.05) is 18.4 Å². The summed E-state index contributed by atoms with van der Waals surface area (Å²) in [7, 11) is 0. The Morgan fingerprint density at radius 3 is 2.37 bits per heavy atom. The van der Waals surface area contributed by atoms with E-state index in [4.69, 9.17) is 4.74 Å². The van der Waals surface area contributed by atoms with E-state index < -0.39 is 6.09 Å². The van der Waals surface area contributed by atoms with E-state index in [9.17, 15) is 9.59 Å². The van der Waals surface area contributed by atoms with E-state index in [2.05, 4.69) is 10.6 Å². The third kappa shape index (κ3) is 5.23. The molecule has 2 N–H and O–H groups in total. The summed E-state index contributed by atoms with van der Waals surface area (Å²) in [6.45, 7) is 5.83. The Morgan fingerprint density at radius 2 is 1.78 bits per heavy atom. The summed E-state index contributed by atoms with van der Waals surface area (Å²) in [5.41, 5.74) is 3.73. The number of urea groups is 1. The molecule has 2 aromatic carbocycles. The molecule has 0 radical (unpaired) electrons. The Bertz CT molecular complexity index is 794. The lowest BCUT2D eigenvalue weighted by atomic mass is 10.1. The van der Waals surface area contributed by atoms with E-state index in [1.807, 2.05) is 50.2 Å². The van der Waals surface area contributed by atoms with Crippen LogP contribution in [0.3, 0.4) is 0 Å². The fourth-order valence-corrected chi connectivity index (χ4v) is 2.72. The average molecular weight is 371 g/mol. The highest BCUT2D eigenvalue weighted by molar-refractivity contribution is 5.84. The number of benzene rings is 2. The van der Waals surface area contributed by atoms with Gasteiger partial charge in [0, 0.05) is 21.6 Å². The molecular weight excluding hydrogens is 342 g/mol. The molecule has 1 atom stereocenters. The predicted molar refractivity (Wildman–Crippen MR) is 109 cm³/mol. The monoisotopic (exact) mass is 371 g/mol. The predicted octanol–water partition coefficient (Wildman–Crippen LogP) is 4.71. The zero-order chi connectivity index (χ0) is 19.2. The zero-order valence-electron chi connectivity index (χ0n) is 15.7. The number of nitrogens with zero attached hydrogens (tertiary/aromatic N) is 1. The van der Waals surface area contributed by atoms with Gasteiger partial charge in [0.1, 0.15) is 6.61 Å². The highest BCUT2D eigenvalue weighted by Crippen LogP contribution is 2.17. The number of rotatable bonds is 5. The van der Waals surface area contributed by atoms with Gasteiger partial charge in [-0.05, 0) is 43.5 Å². The minimum Gasteiger partial charge on any atom is -0.444 e. The lowest BCUT2D eigenvalue weighted by Crippen LogP contribution is -2.48. The van der Waals surface area contributed by atoms with Gasteiger partial charge >= 0.3 is 12.1 Å². The van der Waals surface area contributed by atoms with Gasteiger partial charge in [-0.2, -0.15) is 0 Å². The summed E-state index contributed by atoms with van der Waals surface area (Å²) in [4.78, 5) is 25.7. The van der Waals surface area contributed by atoms with Crippen LogP contribution in [-0.2, 0) is 11.3 Å². The first kappa shape index (κ1) is 18.8. The van der Waals surface area contributed by atoms with Crippen molar-refractivity contribution in [3.63, 3.8) is 0 Å². The molecule has 146 valence electrons. The first-order chi connectivity index (χ1) is 13.0. The van der Waals surface area contributed by atoms with Crippen LogP contribution in [0.1, 0.15) is 38.9 Å². The number of carbonyl (C=O) groups excluding carboxylic acids is 2. The van der Waals surface area contributed by atoms with Gasteiger partial charge in [0.2, 0.25) is 0 Å². The Hall–Kier alpha value is -3.02. The van der Waals surface area contributed by atoms with Gasteiger partial charge in [-0.25, -0.2) is 9.59 Å². The van der Waals surface area contributed by atoms with Crippen molar-refractivity contribution in [2.24, 2.45) is 0 Å². The summed E-state index contributed by atoms with van der Waals surface area (Å²) in [6.07, 6.45) is 0.574. The molecule has 1 aliphatic rings. The highest BCUT2D eigenvalue weighted by atomic mass is 16.5. The van der Waals surface area contributed by atoms with Crippen molar-refractivity contribution in [3.8, 4) is 0 Å².